The highest BCUT2D eigenvalue weighted by atomic mass is 35.5. The number of nitrogen functional groups attached to an aromatic ring is 1. The van der Waals surface area contributed by atoms with Gasteiger partial charge in [-0.15, -0.1) is 0 Å². The molecule has 2 aromatic rings. The first-order valence-corrected chi connectivity index (χ1v) is 6.54. The van der Waals surface area contributed by atoms with Gasteiger partial charge in [-0.2, -0.15) is 0 Å². The predicted molar refractivity (Wildman–Crippen MR) is 83.7 cm³/mol. The normalized spacial score (nSPS) is 10.2. The number of anilines is 3. The van der Waals surface area contributed by atoms with Crippen LogP contribution in [0.2, 0.25) is 5.02 Å². The summed E-state index contributed by atoms with van der Waals surface area (Å²) in [5, 5.41) is 6.46. The van der Waals surface area contributed by atoms with Gasteiger partial charge in [-0.1, -0.05) is 17.7 Å². The second-order valence-electron chi connectivity index (χ2n) is 4.47. The van der Waals surface area contributed by atoms with Gasteiger partial charge in [0.15, 0.2) is 0 Å². The largest absolute Gasteiger partial charge is 0.399 e. The zero-order valence-electron chi connectivity index (χ0n) is 11.3. The van der Waals surface area contributed by atoms with E-state index in [1.807, 2.05) is 25.1 Å². The lowest BCUT2D eigenvalue weighted by Gasteiger charge is -2.14. The fourth-order valence-corrected chi connectivity index (χ4v) is 2.04. The number of amides is 1. The van der Waals surface area contributed by atoms with E-state index < -0.39 is 0 Å². The summed E-state index contributed by atoms with van der Waals surface area (Å²) in [6.07, 6.45) is 0. The average Bonchev–Trinajstić information content (AvgIpc) is 2.43. The summed E-state index contributed by atoms with van der Waals surface area (Å²) in [6, 6.07) is 10.7. The maximum absolute atomic E-state index is 11.9. The molecule has 0 saturated carbocycles. The van der Waals surface area contributed by atoms with Crippen LogP contribution in [0.15, 0.2) is 36.4 Å². The van der Waals surface area contributed by atoms with E-state index in [0.717, 1.165) is 11.3 Å². The molecule has 4 N–H and O–H groups in total. The Labute approximate surface area is 122 Å². The molecule has 0 spiro atoms. The van der Waals surface area contributed by atoms with Gasteiger partial charge in [0.2, 0.25) is 0 Å². The molecule has 0 saturated heterocycles. The van der Waals surface area contributed by atoms with Crippen molar-refractivity contribution in [2.45, 2.75) is 6.92 Å². The quantitative estimate of drug-likeness (QED) is 0.759. The molecule has 0 atom stereocenters. The van der Waals surface area contributed by atoms with Crippen molar-refractivity contribution in [3.05, 3.63) is 52.5 Å². The van der Waals surface area contributed by atoms with Crippen LogP contribution in [0.25, 0.3) is 0 Å². The molecule has 0 aliphatic carbocycles. The van der Waals surface area contributed by atoms with Crippen LogP contribution in [-0.4, -0.2) is 13.0 Å². The van der Waals surface area contributed by atoms with Crippen LogP contribution in [0.3, 0.4) is 0 Å². The molecule has 5 heteroatoms. The van der Waals surface area contributed by atoms with Crippen molar-refractivity contribution < 1.29 is 4.79 Å². The van der Waals surface area contributed by atoms with Gasteiger partial charge in [0, 0.05) is 23.4 Å². The molecule has 0 fully saturated rings. The average molecular weight is 290 g/mol. The third-order valence-corrected chi connectivity index (χ3v) is 3.22. The monoisotopic (exact) mass is 289 g/mol. The number of benzene rings is 2. The van der Waals surface area contributed by atoms with Crippen molar-refractivity contribution in [2.75, 3.05) is 18.1 Å². The molecule has 104 valence electrons. The number of halogens is 1. The first kappa shape index (κ1) is 14.2. The van der Waals surface area contributed by atoms with E-state index in [4.69, 9.17) is 17.3 Å². The maximum atomic E-state index is 11.9. The Kier molecular flexibility index (Phi) is 4.15. The van der Waals surface area contributed by atoms with Crippen molar-refractivity contribution in [1.29, 1.82) is 0 Å². The number of nitrogens with two attached hydrogens (primary N) is 1. The molecule has 2 rings (SSSR count). The van der Waals surface area contributed by atoms with Crippen molar-refractivity contribution >= 4 is 34.6 Å². The van der Waals surface area contributed by atoms with E-state index in [2.05, 4.69) is 10.6 Å². The summed E-state index contributed by atoms with van der Waals surface area (Å²) in [5.74, 6) is -0.195. The lowest BCUT2D eigenvalue weighted by atomic mass is 10.1. The highest BCUT2D eigenvalue weighted by Crippen LogP contribution is 2.27. The van der Waals surface area contributed by atoms with Gasteiger partial charge >= 0.3 is 0 Å². The van der Waals surface area contributed by atoms with Gasteiger partial charge in [-0.25, -0.2) is 0 Å². The number of hydrogen-bond acceptors (Lipinski definition) is 3. The lowest BCUT2D eigenvalue weighted by Crippen LogP contribution is -2.19. The van der Waals surface area contributed by atoms with Gasteiger partial charge in [-0.3, -0.25) is 4.79 Å². The van der Waals surface area contributed by atoms with Crippen molar-refractivity contribution in [2.24, 2.45) is 0 Å². The third-order valence-electron chi connectivity index (χ3n) is 2.98. The molecule has 0 aliphatic rings. The SMILES string of the molecule is CNC(=O)c1cc(N)ccc1Nc1cc(Cl)ccc1C. The van der Waals surface area contributed by atoms with Crippen molar-refractivity contribution in [1.82, 2.24) is 5.32 Å². The van der Waals surface area contributed by atoms with E-state index in [1.54, 1.807) is 25.2 Å². The number of carbonyl (C=O) groups is 1. The zero-order chi connectivity index (χ0) is 14.7. The molecule has 2 aromatic carbocycles. The third kappa shape index (κ3) is 3.03. The second kappa shape index (κ2) is 5.84. The molecular weight excluding hydrogens is 274 g/mol. The topological polar surface area (TPSA) is 67.2 Å². The summed E-state index contributed by atoms with van der Waals surface area (Å²) in [7, 11) is 1.58. The van der Waals surface area contributed by atoms with E-state index in [0.29, 0.717) is 22.0 Å². The molecular formula is C15H16ClN3O. The number of carbonyl (C=O) groups excluding carboxylic acids is 1. The Morgan fingerprint density at radius 3 is 2.60 bits per heavy atom. The Hall–Kier alpha value is -2.20. The number of nitrogens with one attached hydrogen (secondary N) is 2. The number of aryl methyl sites for hydroxylation is 1. The van der Waals surface area contributed by atoms with Crippen LogP contribution in [0.1, 0.15) is 15.9 Å². The van der Waals surface area contributed by atoms with Gasteiger partial charge in [0.05, 0.1) is 11.3 Å². The van der Waals surface area contributed by atoms with Gasteiger partial charge in [-0.05, 0) is 42.8 Å². The Morgan fingerprint density at radius 1 is 1.15 bits per heavy atom. The summed E-state index contributed by atoms with van der Waals surface area (Å²) < 4.78 is 0. The fraction of sp³-hybridized carbons (Fsp3) is 0.133. The molecule has 0 aliphatic heterocycles. The molecule has 0 bridgehead atoms. The van der Waals surface area contributed by atoms with Crippen molar-refractivity contribution in [3.8, 4) is 0 Å². The summed E-state index contributed by atoms with van der Waals surface area (Å²) in [5.41, 5.74) is 9.34. The first-order chi connectivity index (χ1) is 9.51. The van der Waals surface area contributed by atoms with Crippen LogP contribution in [0, 0.1) is 6.92 Å². The standard InChI is InChI=1S/C15H16ClN3O/c1-9-3-4-10(16)7-14(9)19-13-6-5-11(17)8-12(13)15(20)18-2/h3-8,19H,17H2,1-2H3,(H,18,20). The Balaban J connectivity index is 2.43. The molecule has 4 nitrogen and oxygen atoms in total. The van der Waals surface area contributed by atoms with Crippen LogP contribution in [-0.2, 0) is 0 Å². The van der Waals surface area contributed by atoms with Crippen LogP contribution in [0.5, 0.6) is 0 Å². The molecule has 0 unspecified atom stereocenters. The second-order valence-corrected chi connectivity index (χ2v) is 4.90. The molecule has 1 amide bonds. The number of rotatable bonds is 3. The zero-order valence-corrected chi connectivity index (χ0v) is 12.1. The van der Waals surface area contributed by atoms with Crippen LogP contribution in [0.4, 0.5) is 17.1 Å². The fourth-order valence-electron chi connectivity index (χ4n) is 1.87. The highest BCUT2D eigenvalue weighted by Gasteiger charge is 2.11. The molecule has 0 aromatic heterocycles. The van der Waals surface area contributed by atoms with Crippen molar-refractivity contribution in [3.63, 3.8) is 0 Å². The van der Waals surface area contributed by atoms with Crippen LogP contribution >= 0.6 is 11.6 Å². The molecule has 0 heterocycles. The minimum atomic E-state index is -0.195. The van der Waals surface area contributed by atoms with Crippen LogP contribution < -0.4 is 16.4 Å². The Bertz CT molecular complexity index is 656. The smallest absolute Gasteiger partial charge is 0.253 e. The van der Waals surface area contributed by atoms with Gasteiger partial charge in [0.1, 0.15) is 0 Å². The summed E-state index contributed by atoms with van der Waals surface area (Å²) >= 11 is 6.00. The van der Waals surface area contributed by atoms with E-state index in [1.165, 1.54) is 0 Å². The van der Waals surface area contributed by atoms with E-state index in [-0.39, 0.29) is 5.91 Å². The van der Waals surface area contributed by atoms with Gasteiger partial charge < -0.3 is 16.4 Å². The number of hydrogen-bond donors (Lipinski definition) is 3. The van der Waals surface area contributed by atoms with E-state index in [9.17, 15) is 4.79 Å². The van der Waals surface area contributed by atoms with E-state index >= 15 is 0 Å². The molecule has 20 heavy (non-hydrogen) atoms. The summed E-state index contributed by atoms with van der Waals surface area (Å²) in [4.78, 5) is 11.9. The highest BCUT2D eigenvalue weighted by molar-refractivity contribution is 6.30. The minimum absolute atomic E-state index is 0.195. The Morgan fingerprint density at radius 2 is 1.90 bits per heavy atom. The minimum Gasteiger partial charge on any atom is -0.399 e. The lowest BCUT2D eigenvalue weighted by molar-refractivity contribution is 0.0964. The molecule has 0 radical (unpaired) electrons. The van der Waals surface area contributed by atoms with Gasteiger partial charge in [0.25, 0.3) is 5.91 Å². The maximum Gasteiger partial charge on any atom is 0.253 e. The first-order valence-electron chi connectivity index (χ1n) is 6.16. The predicted octanol–water partition coefficient (Wildman–Crippen LogP) is 3.33. The summed E-state index contributed by atoms with van der Waals surface area (Å²) in [6.45, 7) is 1.97.